The van der Waals surface area contributed by atoms with Crippen LogP contribution in [0.1, 0.15) is 25.5 Å². The van der Waals surface area contributed by atoms with E-state index >= 15 is 0 Å². The lowest BCUT2D eigenvalue weighted by Crippen LogP contribution is -2.28. The Hall–Kier alpha value is -1.06. The Morgan fingerprint density at radius 1 is 1.25 bits per heavy atom. The maximum atomic E-state index is 5.20. The summed E-state index contributed by atoms with van der Waals surface area (Å²) < 4.78 is 10.4. The van der Waals surface area contributed by atoms with Crippen LogP contribution < -0.4 is 10.1 Å². The molecule has 0 aromatic heterocycles. The molecule has 3 nitrogen and oxygen atoms in total. The molecule has 1 unspecified atom stereocenters. The molecule has 0 saturated carbocycles. The first-order chi connectivity index (χ1) is 7.67. The largest absolute Gasteiger partial charge is 0.497 e. The number of nitrogens with one attached hydrogen (secondary N) is 1. The first-order valence-electron chi connectivity index (χ1n) is 5.57. The summed E-state index contributed by atoms with van der Waals surface area (Å²) in [5, 5.41) is 3.42. The maximum Gasteiger partial charge on any atom is 0.119 e. The molecule has 90 valence electrons. The zero-order chi connectivity index (χ0) is 12.0. The van der Waals surface area contributed by atoms with Gasteiger partial charge in [0.25, 0.3) is 0 Å². The number of hydrogen-bond donors (Lipinski definition) is 1. The highest BCUT2D eigenvalue weighted by atomic mass is 16.5. The fourth-order valence-corrected chi connectivity index (χ4v) is 1.45. The molecule has 0 aliphatic carbocycles. The van der Waals surface area contributed by atoms with Crippen LogP contribution in [-0.2, 0) is 4.74 Å². The van der Waals surface area contributed by atoms with Gasteiger partial charge in [-0.15, -0.1) is 0 Å². The normalized spacial score (nSPS) is 14.5. The monoisotopic (exact) mass is 223 g/mol. The average molecular weight is 223 g/mol. The lowest BCUT2D eigenvalue weighted by Gasteiger charge is -2.17. The molecule has 0 saturated heterocycles. The van der Waals surface area contributed by atoms with Crippen molar-refractivity contribution in [3.63, 3.8) is 0 Å². The van der Waals surface area contributed by atoms with Gasteiger partial charge in [-0.2, -0.15) is 0 Å². The van der Waals surface area contributed by atoms with E-state index in [1.165, 1.54) is 5.56 Å². The fourth-order valence-electron chi connectivity index (χ4n) is 1.45. The van der Waals surface area contributed by atoms with Gasteiger partial charge in [0.1, 0.15) is 5.75 Å². The van der Waals surface area contributed by atoms with Crippen LogP contribution >= 0.6 is 0 Å². The van der Waals surface area contributed by atoms with Crippen LogP contribution in [0.4, 0.5) is 0 Å². The topological polar surface area (TPSA) is 30.5 Å². The predicted octanol–water partition coefficient (Wildman–Crippen LogP) is 2.38. The van der Waals surface area contributed by atoms with Gasteiger partial charge in [0.2, 0.25) is 0 Å². The van der Waals surface area contributed by atoms with Crippen molar-refractivity contribution in [3.8, 4) is 5.75 Å². The third kappa shape index (κ3) is 3.83. The van der Waals surface area contributed by atoms with Crippen molar-refractivity contribution in [1.82, 2.24) is 5.32 Å². The first-order valence-corrected chi connectivity index (χ1v) is 5.57. The van der Waals surface area contributed by atoms with Gasteiger partial charge in [-0.3, -0.25) is 0 Å². The van der Waals surface area contributed by atoms with Crippen LogP contribution in [0, 0.1) is 0 Å². The fraction of sp³-hybridized carbons (Fsp3) is 0.538. The van der Waals surface area contributed by atoms with Crippen molar-refractivity contribution >= 4 is 0 Å². The van der Waals surface area contributed by atoms with Crippen molar-refractivity contribution in [3.05, 3.63) is 29.8 Å². The van der Waals surface area contributed by atoms with Gasteiger partial charge in [-0.05, 0) is 31.5 Å². The molecule has 1 rings (SSSR count). The van der Waals surface area contributed by atoms with E-state index in [-0.39, 0.29) is 6.10 Å². The highest BCUT2D eigenvalue weighted by molar-refractivity contribution is 5.30. The second-order valence-corrected chi connectivity index (χ2v) is 3.95. The summed E-state index contributed by atoms with van der Waals surface area (Å²) in [6.45, 7) is 5.03. The molecule has 2 atom stereocenters. The lowest BCUT2D eigenvalue weighted by atomic mass is 10.1. The van der Waals surface area contributed by atoms with Gasteiger partial charge in [0, 0.05) is 19.7 Å². The molecule has 0 amide bonds. The second kappa shape index (κ2) is 6.51. The van der Waals surface area contributed by atoms with Crippen molar-refractivity contribution in [2.45, 2.75) is 26.0 Å². The minimum atomic E-state index is 0.230. The zero-order valence-electron chi connectivity index (χ0n) is 10.5. The summed E-state index contributed by atoms with van der Waals surface area (Å²) in [5.74, 6) is 0.894. The van der Waals surface area contributed by atoms with Crippen molar-refractivity contribution in [2.75, 3.05) is 20.8 Å². The van der Waals surface area contributed by atoms with E-state index in [0.717, 1.165) is 12.3 Å². The Morgan fingerprint density at radius 3 is 2.62 bits per heavy atom. The second-order valence-electron chi connectivity index (χ2n) is 3.95. The summed E-state index contributed by atoms with van der Waals surface area (Å²) in [6.07, 6.45) is 0.230. The summed E-state index contributed by atoms with van der Waals surface area (Å²) in [6, 6.07) is 8.40. The molecule has 3 heteroatoms. The summed E-state index contributed by atoms with van der Waals surface area (Å²) in [7, 11) is 3.41. The Balaban J connectivity index is 2.54. The SMILES string of the molecule is COc1cccc([C@H](C)NCC(C)OC)c1. The number of rotatable bonds is 6. The van der Waals surface area contributed by atoms with Gasteiger partial charge >= 0.3 is 0 Å². The number of benzene rings is 1. The Bertz CT molecular complexity index is 315. The molecule has 0 fully saturated rings. The van der Waals surface area contributed by atoms with Gasteiger partial charge in [0.05, 0.1) is 13.2 Å². The molecule has 1 aromatic carbocycles. The Morgan fingerprint density at radius 2 is 2.00 bits per heavy atom. The van der Waals surface area contributed by atoms with E-state index in [1.807, 2.05) is 19.1 Å². The van der Waals surface area contributed by atoms with Gasteiger partial charge in [-0.25, -0.2) is 0 Å². The van der Waals surface area contributed by atoms with Crippen LogP contribution in [0.3, 0.4) is 0 Å². The third-order valence-electron chi connectivity index (χ3n) is 2.71. The third-order valence-corrected chi connectivity index (χ3v) is 2.71. The first kappa shape index (κ1) is 13.0. The van der Waals surface area contributed by atoms with Crippen LogP contribution in [0.2, 0.25) is 0 Å². The standard InChI is InChI=1S/C13H21NO2/c1-10(15-3)9-14-11(2)12-6-5-7-13(8-12)16-4/h5-8,10-11,14H,9H2,1-4H3/t10?,11-/m0/s1. The van der Waals surface area contributed by atoms with E-state index in [4.69, 9.17) is 9.47 Å². The molecule has 0 aliphatic heterocycles. The maximum absolute atomic E-state index is 5.20. The highest BCUT2D eigenvalue weighted by Gasteiger charge is 2.07. The van der Waals surface area contributed by atoms with Crippen LogP contribution in [0.15, 0.2) is 24.3 Å². The number of ether oxygens (including phenoxy) is 2. The van der Waals surface area contributed by atoms with E-state index in [9.17, 15) is 0 Å². The van der Waals surface area contributed by atoms with E-state index in [2.05, 4.69) is 24.4 Å². The Labute approximate surface area is 97.8 Å². The Kier molecular flexibility index (Phi) is 5.29. The van der Waals surface area contributed by atoms with Crippen molar-refractivity contribution < 1.29 is 9.47 Å². The van der Waals surface area contributed by atoms with E-state index in [1.54, 1.807) is 14.2 Å². The van der Waals surface area contributed by atoms with E-state index < -0.39 is 0 Å². The molecule has 0 bridgehead atoms. The average Bonchev–Trinajstić information content (AvgIpc) is 2.35. The van der Waals surface area contributed by atoms with Gasteiger partial charge in [-0.1, -0.05) is 12.1 Å². The summed E-state index contributed by atoms with van der Waals surface area (Å²) in [4.78, 5) is 0. The minimum Gasteiger partial charge on any atom is -0.497 e. The smallest absolute Gasteiger partial charge is 0.119 e. The molecule has 0 spiro atoms. The van der Waals surface area contributed by atoms with Crippen LogP contribution in [0.25, 0.3) is 0 Å². The summed E-state index contributed by atoms with van der Waals surface area (Å²) >= 11 is 0. The quantitative estimate of drug-likeness (QED) is 0.803. The molecule has 0 radical (unpaired) electrons. The molecule has 16 heavy (non-hydrogen) atoms. The van der Waals surface area contributed by atoms with Gasteiger partial charge < -0.3 is 14.8 Å². The molecule has 0 aliphatic rings. The number of methoxy groups -OCH3 is 2. The van der Waals surface area contributed by atoms with Crippen LogP contribution in [-0.4, -0.2) is 26.9 Å². The van der Waals surface area contributed by atoms with Gasteiger partial charge in [0.15, 0.2) is 0 Å². The van der Waals surface area contributed by atoms with Crippen molar-refractivity contribution in [2.24, 2.45) is 0 Å². The molecule has 1 N–H and O–H groups in total. The minimum absolute atomic E-state index is 0.230. The van der Waals surface area contributed by atoms with Crippen molar-refractivity contribution in [1.29, 1.82) is 0 Å². The van der Waals surface area contributed by atoms with E-state index in [0.29, 0.717) is 6.04 Å². The highest BCUT2D eigenvalue weighted by Crippen LogP contribution is 2.18. The molecular weight excluding hydrogens is 202 g/mol. The predicted molar refractivity (Wildman–Crippen MR) is 65.9 cm³/mol. The lowest BCUT2D eigenvalue weighted by molar-refractivity contribution is 0.115. The zero-order valence-corrected chi connectivity index (χ0v) is 10.5. The summed E-state index contributed by atoms with van der Waals surface area (Å²) in [5.41, 5.74) is 1.22. The molecule has 1 aromatic rings. The molecular formula is C13H21NO2. The molecule has 0 heterocycles. The number of hydrogen-bond acceptors (Lipinski definition) is 3. The van der Waals surface area contributed by atoms with Crippen LogP contribution in [0.5, 0.6) is 5.75 Å².